The van der Waals surface area contributed by atoms with E-state index in [2.05, 4.69) is 10.6 Å². The topological polar surface area (TPSA) is 58.2 Å². The van der Waals surface area contributed by atoms with Gasteiger partial charge in [-0.3, -0.25) is 9.59 Å². The molecule has 0 aliphatic heterocycles. The molecular formula is C23H23ClN2O2. The summed E-state index contributed by atoms with van der Waals surface area (Å²) in [5.74, 6) is -0.467. The van der Waals surface area contributed by atoms with E-state index in [-0.39, 0.29) is 36.7 Å². The molecule has 4 nitrogen and oxygen atoms in total. The van der Waals surface area contributed by atoms with Crippen LogP contribution in [-0.2, 0) is 16.0 Å². The van der Waals surface area contributed by atoms with Crippen molar-refractivity contribution in [1.29, 1.82) is 0 Å². The summed E-state index contributed by atoms with van der Waals surface area (Å²) in [6.45, 7) is 2.28. The Morgan fingerprint density at radius 1 is 0.929 bits per heavy atom. The molecule has 1 unspecified atom stereocenters. The second kappa shape index (κ2) is 9.38. The molecular weight excluding hydrogens is 372 g/mol. The molecule has 0 spiro atoms. The van der Waals surface area contributed by atoms with Crippen LogP contribution >= 0.6 is 11.6 Å². The lowest BCUT2D eigenvalue weighted by Gasteiger charge is -2.20. The summed E-state index contributed by atoms with van der Waals surface area (Å²) in [7, 11) is 0. The van der Waals surface area contributed by atoms with Crippen LogP contribution in [0.1, 0.15) is 22.7 Å². The first-order valence-corrected chi connectivity index (χ1v) is 9.75. The Kier molecular flexibility index (Phi) is 6.66. The summed E-state index contributed by atoms with van der Waals surface area (Å²) >= 11 is 5.59. The molecule has 2 N–H and O–H groups in total. The Morgan fingerprint density at radius 3 is 2.46 bits per heavy atom. The third-order valence-electron chi connectivity index (χ3n) is 4.58. The molecule has 3 rings (SSSR count). The molecule has 2 amide bonds. The van der Waals surface area contributed by atoms with Gasteiger partial charge in [0.25, 0.3) is 0 Å². The second-order valence-electron chi connectivity index (χ2n) is 6.83. The van der Waals surface area contributed by atoms with Crippen molar-refractivity contribution in [2.75, 3.05) is 12.4 Å². The Bertz CT molecular complexity index is 987. The standard InChI is InChI=1S/C23H23ClN2O2/c1-16-5-4-6-17(11-16)12-22(27)26-21(15-25-23(28)14-24)20-10-9-18-7-2-3-8-19(18)13-20/h2-11,13,21H,12,14-15H2,1H3,(H,25,28)(H,26,27). The largest absolute Gasteiger partial charge is 0.353 e. The average molecular weight is 395 g/mol. The molecule has 0 aliphatic carbocycles. The number of hydrogen-bond donors (Lipinski definition) is 2. The third kappa shape index (κ3) is 5.33. The lowest BCUT2D eigenvalue weighted by atomic mass is 10.0. The zero-order chi connectivity index (χ0) is 19.9. The maximum absolute atomic E-state index is 12.6. The number of aryl methyl sites for hydroxylation is 1. The van der Waals surface area contributed by atoms with Crippen molar-refractivity contribution in [1.82, 2.24) is 10.6 Å². The van der Waals surface area contributed by atoms with E-state index in [0.717, 1.165) is 27.5 Å². The normalized spacial score (nSPS) is 11.8. The molecule has 0 heterocycles. The Balaban J connectivity index is 1.78. The van der Waals surface area contributed by atoms with Gasteiger partial charge in [0, 0.05) is 6.54 Å². The van der Waals surface area contributed by atoms with E-state index < -0.39 is 0 Å². The maximum atomic E-state index is 12.6. The zero-order valence-corrected chi connectivity index (χ0v) is 16.5. The lowest BCUT2D eigenvalue weighted by molar-refractivity contribution is -0.122. The number of benzene rings is 3. The summed E-state index contributed by atoms with van der Waals surface area (Å²) in [5.41, 5.74) is 3.01. The predicted octanol–water partition coefficient (Wildman–Crippen LogP) is 3.90. The highest BCUT2D eigenvalue weighted by molar-refractivity contribution is 6.27. The molecule has 3 aromatic carbocycles. The number of amides is 2. The van der Waals surface area contributed by atoms with E-state index in [1.54, 1.807) is 0 Å². The molecule has 1 atom stereocenters. The van der Waals surface area contributed by atoms with Gasteiger partial charge < -0.3 is 10.6 Å². The summed E-state index contributed by atoms with van der Waals surface area (Å²) in [5, 5.41) is 8.03. The number of halogens is 1. The van der Waals surface area contributed by atoms with Crippen molar-refractivity contribution in [2.45, 2.75) is 19.4 Å². The Hall–Kier alpha value is -2.85. The predicted molar refractivity (Wildman–Crippen MR) is 113 cm³/mol. The summed E-state index contributed by atoms with van der Waals surface area (Å²) in [6, 6.07) is 21.6. The van der Waals surface area contributed by atoms with Gasteiger partial charge >= 0.3 is 0 Å². The molecule has 0 radical (unpaired) electrons. The van der Waals surface area contributed by atoms with Gasteiger partial charge in [0.1, 0.15) is 5.88 Å². The van der Waals surface area contributed by atoms with Crippen LogP contribution in [0.15, 0.2) is 66.7 Å². The minimum absolute atomic E-state index is 0.0936. The fraction of sp³-hybridized carbons (Fsp3) is 0.217. The second-order valence-corrected chi connectivity index (χ2v) is 7.10. The molecule has 0 aliphatic rings. The summed E-state index contributed by atoms with van der Waals surface area (Å²) in [6.07, 6.45) is 0.287. The molecule has 144 valence electrons. The van der Waals surface area contributed by atoms with E-state index in [9.17, 15) is 9.59 Å². The summed E-state index contributed by atoms with van der Waals surface area (Å²) < 4.78 is 0. The van der Waals surface area contributed by atoms with Gasteiger partial charge in [-0.1, -0.05) is 66.2 Å². The van der Waals surface area contributed by atoms with Crippen molar-refractivity contribution in [3.05, 3.63) is 83.4 Å². The van der Waals surface area contributed by atoms with Gasteiger partial charge in [0.2, 0.25) is 11.8 Å². The molecule has 28 heavy (non-hydrogen) atoms. The van der Waals surface area contributed by atoms with Crippen LogP contribution in [0.5, 0.6) is 0 Å². The van der Waals surface area contributed by atoms with Crippen LogP contribution in [0.2, 0.25) is 0 Å². The minimum Gasteiger partial charge on any atom is -0.353 e. The molecule has 0 fully saturated rings. The van der Waals surface area contributed by atoms with E-state index in [1.165, 1.54) is 0 Å². The van der Waals surface area contributed by atoms with Crippen molar-refractivity contribution in [2.24, 2.45) is 0 Å². The molecule has 0 bridgehead atoms. The first-order valence-electron chi connectivity index (χ1n) is 9.21. The van der Waals surface area contributed by atoms with Crippen LogP contribution in [0, 0.1) is 6.92 Å². The number of rotatable bonds is 7. The van der Waals surface area contributed by atoms with Crippen LogP contribution in [0.3, 0.4) is 0 Å². The first kappa shape index (κ1) is 19.9. The van der Waals surface area contributed by atoms with Gasteiger partial charge in [-0.25, -0.2) is 0 Å². The highest BCUT2D eigenvalue weighted by Gasteiger charge is 2.16. The summed E-state index contributed by atoms with van der Waals surface area (Å²) in [4.78, 5) is 24.3. The van der Waals surface area contributed by atoms with E-state index in [4.69, 9.17) is 11.6 Å². The van der Waals surface area contributed by atoms with Crippen molar-refractivity contribution >= 4 is 34.2 Å². The molecule has 5 heteroatoms. The molecule has 0 saturated carbocycles. The van der Waals surface area contributed by atoms with Crippen LogP contribution in [-0.4, -0.2) is 24.2 Å². The number of nitrogens with one attached hydrogen (secondary N) is 2. The minimum atomic E-state index is -0.339. The quantitative estimate of drug-likeness (QED) is 0.597. The lowest BCUT2D eigenvalue weighted by Crippen LogP contribution is -2.38. The third-order valence-corrected chi connectivity index (χ3v) is 4.83. The monoisotopic (exact) mass is 394 g/mol. The number of hydrogen-bond acceptors (Lipinski definition) is 2. The first-order chi connectivity index (χ1) is 13.5. The zero-order valence-electron chi connectivity index (χ0n) is 15.7. The highest BCUT2D eigenvalue weighted by atomic mass is 35.5. The number of alkyl halides is 1. The van der Waals surface area contributed by atoms with Gasteiger partial charge in [-0.05, 0) is 34.9 Å². The van der Waals surface area contributed by atoms with Gasteiger partial charge in [0.05, 0.1) is 12.5 Å². The van der Waals surface area contributed by atoms with Gasteiger partial charge in [-0.15, -0.1) is 11.6 Å². The fourth-order valence-electron chi connectivity index (χ4n) is 3.19. The van der Waals surface area contributed by atoms with Crippen LogP contribution in [0.4, 0.5) is 0 Å². The van der Waals surface area contributed by atoms with E-state index in [1.807, 2.05) is 73.7 Å². The Morgan fingerprint density at radius 2 is 1.71 bits per heavy atom. The fourth-order valence-corrected chi connectivity index (χ4v) is 3.29. The smallest absolute Gasteiger partial charge is 0.235 e. The SMILES string of the molecule is Cc1cccc(CC(=O)NC(CNC(=O)CCl)c2ccc3ccccc3c2)c1. The van der Waals surface area contributed by atoms with Gasteiger partial charge in [0.15, 0.2) is 0 Å². The molecule has 0 aromatic heterocycles. The van der Waals surface area contributed by atoms with Crippen LogP contribution < -0.4 is 10.6 Å². The molecule has 0 saturated heterocycles. The van der Waals surface area contributed by atoms with Crippen molar-refractivity contribution < 1.29 is 9.59 Å². The van der Waals surface area contributed by atoms with E-state index >= 15 is 0 Å². The Labute approximate surface area is 169 Å². The van der Waals surface area contributed by atoms with Crippen molar-refractivity contribution in [3.8, 4) is 0 Å². The number of fused-ring (bicyclic) bond motifs is 1. The van der Waals surface area contributed by atoms with Crippen molar-refractivity contribution in [3.63, 3.8) is 0 Å². The number of carbonyl (C=O) groups excluding carboxylic acids is 2. The van der Waals surface area contributed by atoms with Crippen LogP contribution in [0.25, 0.3) is 10.8 Å². The van der Waals surface area contributed by atoms with E-state index in [0.29, 0.717) is 0 Å². The van der Waals surface area contributed by atoms with Gasteiger partial charge in [-0.2, -0.15) is 0 Å². The number of carbonyl (C=O) groups is 2. The average Bonchev–Trinajstić information content (AvgIpc) is 2.70. The maximum Gasteiger partial charge on any atom is 0.235 e. The molecule has 3 aromatic rings. The highest BCUT2D eigenvalue weighted by Crippen LogP contribution is 2.20.